The first kappa shape index (κ1) is 13.5. The molecule has 0 bridgehead atoms. The number of carbonyl (C=O) groups is 1. The highest BCUT2D eigenvalue weighted by atomic mass is 17.1. The van der Waals surface area contributed by atoms with Gasteiger partial charge in [0.05, 0.1) is 0 Å². The Bertz CT molecular complexity index is 410. The van der Waals surface area contributed by atoms with E-state index < -0.39 is 0 Å². The van der Waals surface area contributed by atoms with Gasteiger partial charge in [0.1, 0.15) is 5.78 Å². The maximum absolute atomic E-state index is 11.7. The van der Waals surface area contributed by atoms with Crippen LogP contribution in [0.25, 0.3) is 0 Å². The summed E-state index contributed by atoms with van der Waals surface area (Å²) in [7, 11) is 0. The van der Waals surface area contributed by atoms with Gasteiger partial charge in [0.15, 0.2) is 5.75 Å². The predicted molar refractivity (Wildman–Crippen MR) is 67.3 cm³/mol. The van der Waals surface area contributed by atoms with E-state index in [0.717, 1.165) is 17.5 Å². The predicted octanol–water partition coefficient (Wildman–Crippen LogP) is 3.49. The van der Waals surface area contributed by atoms with E-state index in [2.05, 4.69) is 11.5 Å². The molecule has 0 saturated carbocycles. The topological polar surface area (TPSA) is 46.5 Å². The largest absolute Gasteiger partial charge is 0.340 e. The summed E-state index contributed by atoms with van der Waals surface area (Å²) in [6, 6.07) is 5.38. The van der Waals surface area contributed by atoms with Gasteiger partial charge in [-0.3, -0.25) is 4.79 Å². The van der Waals surface area contributed by atoms with Crippen LogP contribution in [0, 0.1) is 6.92 Å². The Morgan fingerprint density at radius 3 is 2.82 bits per heavy atom. The molecule has 0 fully saturated rings. The maximum Gasteiger partial charge on any atom is 0.169 e. The molecule has 0 aliphatic carbocycles. The lowest BCUT2D eigenvalue weighted by atomic mass is 9.89. The molecule has 0 heterocycles. The summed E-state index contributed by atoms with van der Waals surface area (Å²) in [5.41, 5.74) is 1.77. The monoisotopic (exact) mass is 234 g/mol. The van der Waals surface area contributed by atoms with Gasteiger partial charge >= 0.3 is 0 Å². The van der Waals surface area contributed by atoms with E-state index in [9.17, 15) is 4.79 Å². The fraction of sp³-hybridized carbons (Fsp3) is 0.357. The first-order chi connectivity index (χ1) is 8.10. The second-order valence-corrected chi connectivity index (χ2v) is 4.16. The van der Waals surface area contributed by atoms with Crippen molar-refractivity contribution < 1.29 is 14.9 Å². The van der Waals surface area contributed by atoms with Gasteiger partial charge in [-0.25, -0.2) is 5.26 Å². The molecule has 17 heavy (non-hydrogen) atoms. The number of allylic oxidation sites excluding steroid dienone is 1. The van der Waals surface area contributed by atoms with Crippen molar-refractivity contribution in [1.29, 1.82) is 0 Å². The molecule has 0 saturated heterocycles. The summed E-state index contributed by atoms with van der Waals surface area (Å²) >= 11 is 0. The first-order valence-corrected chi connectivity index (χ1v) is 5.63. The van der Waals surface area contributed by atoms with Crippen LogP contribution in [0.1, 0.15) is 36.8 Å². The van der Waals surface area contributed by atoms with Crippen LogP contribution in [0.5, 0.6) is 5.75 Å². The van der Waals surface area contributed by atoms with Crippen molar-refractivity contribution in [2.24, 2.45) is 0 Å². The first-order valence-electron chi connectivity index (χ1n) is 5.63. The molecule has 92 valence electrons. The van der Waals surface area contributed by atoms with Crippen LogP contribution in [0.4, 0.5) is 0 Å². The highest BCUT2D eigenvalue weighted by Crippen LogP contribution is 2.31. The molecule has 0 aliphatic heterocycles. The number of benzene rings is 1. The molecule has 1 aromatic rings. The van der Waals surface area contributed by atoms with Crippen LogP contribution in [0.2, 0.25) is 0 Å². The molecule has 1 rings (SSSR count). The van der Waals surface area contributed by atoms with Crippen molar-refractivity contribution in [2.75, 3.05) is 0 Å². The number of ketones is 1. The van der Waals surface area contributed by atoms with Gasteiger partial charge in [-0.1, -0.05) is 23.8 Å². The van der Waals surface area contributed by atoms with Gasteiger partial charge in [-0.2, -0.15) is 0 Å². The molecule has 0 amide bonds. The van der Waals surface area contributed by atoms with Crippen molar-refractivity contribution >= 4 is 5.78 Å². The van der Waals surface area contributed by atoms with E-state index in [4.69, 9.17) is 5.26 Å². The third kappa shape index (κ3) is 3.43. The van der Waals surface area contributed by atoms with Crippen molar-refractivity contribution in [3.63, 3.8) is 0 Å². The fourth-order valence-corrected chi connectivity index (χ4v) is 1.89. The zero-order chi connectivity index (χ0) is 12.8. The van der Waals surface area contributed by atoms with Crippen LogP contribution in [0.15, 0.2) is 30.9 Å². The average Bonchev–Trinajstić information content (AvgIpc) is 2.29. The zero-order valence-corrected chi connectivity index (χ0v) is 10.3. The summed E-state index contributed by atoms with van der Waals surface area (Å²) < 4.78 is 0. The minimum atomic E-state index is -0.255. The fourth-order valence-electron chi connectivity index (χ4n) is 1.89. The van der Waals surface area contributed by atoms with Crippen molar-refractivity contribution in [3.8, 4) is 5.75 Å². The Labute approximate surface area is 102 Å². The normalized spacial score (nSPS) is 11.9. The van der Waals surface area contributed by atoms with Gasteiger partial charge in [0.2, 0.25) is 0 Å². The molecular weight excluding hydrogens is 216 g/mol. The second kappa shape index (κ2) is 6.21. The van der Waals surface area contributed by atoms with Crippen LogP contribution in [0.3, 0.4) is 0 Å². The van der Waals surface area contributed by atoms with E-state index in [-0.39, 0.29) is 11.7 Å². The lowest BCUT2D eigenvalue weighted by Gasteiger charge is -2.16. The molecule has 3 heteroatoms. The number of hydrogen-bond acceptors (Lipinski definition) is 3. The lowest BCUT2D eigenvalue weighted by molar-refractivity contribution is -0.139. The van der Waals surface area contributed by atoms with Crippen molar-refractivity contribution in [2.45, 2.75) is 32.6 Å². The van der Waals surface area contributed by atoms with Gasteiger partial charge in [-0.15, -0.1) is 6.58 Å². The lowest BCUT2D eigenvalue weighted by Crippen LogP contribution is -2.10. The molecule has 0 aliphatic rings. The molecule has 1 unspecified atom stereocenters. The standard InChI is InChI=1S/C14H18O3/c1-4-5-6-12(11(3)15)13-9-10(2)7-8-14(13)17-16/h4,7-9,12,16H,1,5-6H2,2-3H3. The van der Waals surface area contributed by atoms with E-state index in [0.29, 0.717) is 12.2 Å². The van der Waals surface area contributed by atoms with Gasteiger partial charge in [-0.05, 0) is 32.8 Å². The number of carbonyl (C=O) groups excluding carboxylic acids is 1. The molecule has 1 aromatic carbocycles. The smallest absolute Gasteiger partial charge is 0.169 e. The van der Waals surface area contributed by atoms with E-state index in [1.807, 2.05) is 19.1 Å². The summed E-state index contributed by atoms with van der Waals surface area (Å²) in [5, 5.41) is 8.83. The van der Waals surface area contributed by atoms with Gasteiger partial charge < -0.3 is 4.89 Å². The second-order valence-electron chi connectivity index (χ2n) is 4.16. The Morgan fingerprint density at radius 1 is 1.59 bits per heavy atom. The minimum absolute atomic E-state index is 0.0655. The quantitative estimate of drug-likeness (QED) is 0.465. The highest BCUT2D eigenvalue weighted by molar-refractivity contribution is 5.84. The Hall–Kier alpha value is -1.61. The van der Waals surface area contributed by atoms with Crippen molar-refractivity contribution in [3.05, 3.63) is 42.0 Å². The molecule has 1 N–H and O–H groups in total. The number of hydrogen-bond donors (Lipinski definition) is 1. The summed E-state index contributed by atoms with van der Waals surface area (Å²) in [4.78, 5) is 16.0. The van der Waals surface area contributed by atoms with E-state index in [1.165, 1.54) is 0 Å². The minimum Gasteiger partial charge on any atom is -0.340 e. The Balaban J connectivity index is 3.11. The van der Waals surface area contributed by atoms with Crippen LogP contribution in [-0.4, -0.2) is 11.0 Å². The van der Waals surface area contributed by atoms with Crippen LogP contribution in [-0.2, 0) is 4.79 Å². The number of Topliss-reactive ketones (excluding diaryl/α,β-unsaturated/α-hetero) is 1. The third-order valence-electron chi connectivity index (χ3n) is 2.79. The maximum atomic E-state index is 11.7. The molecule has 3 nitrogen and oxygen atoms in total. The molecular formula is C14H18O3. The van der Waals surface area contributed by atoms with Crippen LogP contribution < -0.4 is 4.89 Å². The summed E-state index contributed by atoms with van der Waals surface area (Å²) in [6.45, 7) is 7.15. The van der Waals surface area contributed by atoms with E-state index >= 15 is 0 Å². The average molecular weight is 234 g/mol. The van der Waals surface area contributed by atoms with Gasteiger partial charge in [0, 0.05) is 11.5 Å². The summed E-state index contributed by atoms with van der Waals surface area (Å²) in [5.74, 6) is 0.158. The highest BCUT2D eigenvalue weighted by Gasteiger charge is 2.20. The van der Waals surface area contributed by atoms with Gasteiger partial charge in [0.25, 0.3) is 0 Å². The molecule has 0 spiro atoms. The number of aryl methyl sites for hydroxylation is 1. The molecule has 0 radical (unpaired) electrons. The third-order valence-corrected chi connectivity index (χ3v) is 2.79. The molecule has 1 atom stereocenters. The van der Waals surface area contributed by atoms with Crippen LogP contribution >= 0.6 is 0 Å². The summed E-state index contributed by atoms with van der Waals surface area (Å²) in [6.07, 6.45) is 3.22. The van der Waals surface area contributed by atoms with E-state index in [1.54, 1.807) is 19.1 Å². The molecule has 0 aromatic heterocycles. The number of rotatable bonds is 6. The SMILES string of the molecule is C=CCCC(C(C)=O)c1cc(C)ccc1OO. The van der Waals surface area contributed by atoms with Crippen molar-refractivity contribution in [1.82, 2.24) is 0 Å². The Morgan fingerprint density at radius 2 is 2.29 bits per heavy atom. The zero-order valence-electron chi connectivity index (χ0n) is 10.3. The Kier molecular flexibility index (Phi) is 4.91.